The molecule has 0 spiro atoms. The minimum Gasteiger partial charge on any atom is -0.496 e. The summed E-state index contributed by atoms with van der Waals surface area (Å²) in [5, 5.41) is 1.43. The van der Waals surface area contributed by atoms with E-state index in [-0.39, 0.29) is 0 Å². The predicted octanol–water partition coefficient (Wildman–Crippen LogP) is 3.22. The lowest BCUT2D eigenvalue weighted by Gasteiger charge is -2.30. The topological polar surface area (TPSA) is 28.3 Å². The molecule has 110 valence electrons. The summed E-state index contributed by atoms with van der Waals surface area (Å²) in [5.41, 5.74) is 5.71. The number of nitrogens with one attached hydrogen (secondary N) is 1. The highest BCUT2D eigenvalue weighted by Gasteiger charge is 2.47. The van der Waals surface area contributed by atoms with Crippen LogP contribution >= 0.6 is 0 Å². The fraction of sp³-hybridized carbons (Fsp3) is 0.556. The molecule has 1 N–H and O–H groups in total. The summed E-state index contributed by atoms with van der Waals surface area (Å²) in [7, 11) is 1.77. The first-order chi connectivity index (χ1) is 10.3. The van der Waals surface area contributed by atoms with Crippen molar-refractivity contribution < 1.29 is 4.74 Å². The van der Waals surface area contributed by atoms with Crippen molar-refractivity contribution in [1.82, 2.24) is 9.88 Å². The Kier molecular flexibility index (Phi) is 2.33. The van der Waals surface area contributed by atoms with E-state index in [2.05, 4.69) is 28.9 Å². The van der Waals surface area contributed by atoms with Crippen LogP contribution in [0.4, 0.5) is 0 Å². The molecule has 21 heavy (non-hydrogen) atoms. The second kappa shape index (κ2) is 4.04. The van der Waals surface area contributed by atoms with E-state index in [9.17, 15) is 0 Å². The maximum atomic E-state index is 5.54. The third-order valence-corrected chi connectivity index (χ3v) is 6.14. The number of piperidine rings is 1. The Morgan fingerprint density at radius 2 is 2.19 bits per heavy atom. The molecule has 3 atom stereocenters. The van der Waals surface area contributed by atoms with Crippen LogP contribution in [0.3, 0.4) is 0 Å². The zero-order valence-corrected chi connectivity index (χ0v) is 12.8. The fourth-order valence-electron chi connectivity index (χ4n) is 5.30. The molecular weight excluding hydrogens is 260 g/mol. The van der Waals surface area contributed by atoms with Gasteiger partial charge in [-0.2, -0.15) is 0 Å². The molecule has 1 saturated heterocycles. The van der Waals surface area contributed by atoms with E-state index in [1.807, 2.05) is 0 Å². The van der Waals surface area contributed by atoms with Crippen molar-refractivity contribution in [2.75, 3.05) is 20.2 Å². The van der Waals surface area contributed by atoms with Gasteiger partial charge in [-0.15, -0.1) is 0 Å². The molecule has 2 bridgehead atoms. The van der Waals surface area contributed by atoms with Crippen molar-refractivity contribution in [3.63, 3.8) is 0 Å². The number of hydrogen-bond donors (Lipinski definition) is 1. The summed E-state index contributed by atoms with van der Waals surface area (Å²) >= 11 is 0. The van der Waals surface area contributed by atoms with Crippen molar-refractivity contribution in [2.24, 2.45) is 5.92 Å². The maximum absolute atomic E-state index is 5.54. The number of fused-ring (bicyclic) bond motifs is 5. The number of aryl methyl sites for hydroxylation is 1. The predicted molar refractivity (Wildman–Crippen MR) is 84.1 cm³/mol. The summed E-state index contributed by atoms with van der Waals surface area (Å²) < 4.78 is 5.54. The zero-order chi connectivity index (χ0) is 14.1. The number of nitrogens with zero attached hydrogens (tertiary/aromatic N) is 1. The summed E-state index contributed by atoms with van der Waals surface area (Å²) in [6.07, 6.45) is 3.99. The molecule has 3 heteroatoms. The van der Waals surface area contributed by atoms with Crippen molar-refractivity contribution in [1.29, 1.82) is 0 Å². The molecule has 3 nitrogen and oxygen atoms in total. The number of ether oxygens (including phenoxy) is 1. The summed E-state index contributed by atoms with van der Waals surface area (Å²) in [6, 6.07) is 5.09. The molecule has 2 fully saturated rings. The lowest BCUT2D eigenvalue weighted by molar-refractivity contribution is 0.201. The van der Waals surface area contributed by atoms with E-state index in [1.165, 1.54) is 54.5 Å². The van der Waals surface area contributed by atoms with Gasteiger partial charge in [-0.05, 0) is 49.8 Å². The van der Waals surface area contributed by atoms with Gasteiger partial charge in [0.05, 0.1) is 7.11 Å². The van der Waals surface area contributed by atoms with Gasteiger partial charge in [-0.1, -0.05) is 0 Å². The van der Waals surface area contributed by atoms with Gasteiger partial charge in [-0.3, -0.25) is 4.90 Å². The average Bonchev–Trinajstić information content (AvgIpc) is 3.16. The first-order valence-corrected chi connectivity index (χ1v) is 8.18. The first kappa shape index (κ1) is 12.1. The number of benzene rings is 1. The highest BCUT2D eigenvalue weighted by atomic mass is 16.5. The lowest BCUT2D eigenvalue weighted by atomic mass is 9.93. The van der Waals surface area contributed by atoms with Crippen LogP contribution < -0.4 is 4.74 Å². The second-order valence-electron chi connectivity index (χ2n) is 7.09. The van der Waals surface area contributed by atoms with Crippen LogP contribution in [0.2, 0.25) is 0 Å². The smallest absolute Gasteiger partial charge is 0.122 e. The third kappa shape index (κ3) is 1.48. The van der Waals surface area contributed by atoms with Crippen molar-refractivity contribution >= 4 is 10.9 Å². The minimum atomic E-state index is 0.735. The van der Waals surface area contributed by atoms with Crippen molar-refractivity contribution in [3.05, 3.63) is 29.0 Å². The number of aromatic nitrogens is 1. The van der Waals surface area contributed by atoms with Gasteiger partial charge >= 0.3 is 0 Å². The summed E-state index contributed by atoms with van der Waals surface area (Å²) in [5.74, 6) is 2.69. The quantitative estimate of drug-likeness (QED) is 0.870. The molecule has 1 aliphatic carbocycles. The largest absolute Gasteiger partial charge is 0.496 e. The Balaban J connectivity index is 1.75. The molecule has 5 rings (SSSR count). The first-order valence-electron chi connectivity index (χ1n) is 8.18. The standard InChI is InChI=1S/C18H22N2O/c1-10-16(21-2)4-3-14-17(10)12-5-6-20-9-11-7-13(15(20)8-11)18(12)19-14/h3-4,11,13,15,19H,5-9H2,1-2H3/t11-,13+,15-/m0/s1. The van der Waals surface area contributed by atoms with Gasteiger partial charge in [-0.25, -0.2) is 0 Å². The summed E-state index contributed by atoms with van der Waals surface area (Å²) in [6.45, 7) is 4.77. The Morgan fingerprint density at radius 1 is 1.29 bits per heavy atom. The van der Waals surface area contributed by atoms with E-state index in [0.29, 0.717) is 0 Å². The van der Waals surface area contributed by atoms with E-state index < -0.39 is 0 Å². The lowest BCUT2D eigenvalue weighted by Crippen LogP contribution is -2.36. The van der Waals surface area contributed by atoms with Crippen LogP contribution in [0.1, 0.15) is 35.6 Å². The molecule has 2 aromatic rings. The number of aromatic amines is 1. The zero-order valence-electron chi connectivity index (χ0n) is 12.8. The van der Waals surface area contributed by atoms with Gasteiger partial charge in [0.25, 0.3) is 0 Å². The van der Waals surface area contributed by atoms with Crippen LogP contribution in [0.15, 0.2) is 12.1 Å². The minimum absolute atomic E-state index is 0.735. The van der Waals surface area contributed by atoms with Gasteiger partial charge < -0.3 is 9.72 Å². The van der Waals surface area contributed by atoms with Crippen LogP contribution in [0.25, 0.3) is 10.9 Å². The Labute approximate surface area is 125 Å². The molecule has 2 aliphatic heterocycles. The van der Waals surface area contributed by atoms with Crippen molar-refractivity contribution in [3.8, 4) is 5.75 Å². The molecule has 0 unspecified atom stereocenters. The number of rotatable bonds is 1. The van der Waals surface area contributed by atoms with Crippen LogP contribution in [0, 0.1) is 12.8 Å². The maximum Gasteiger partial charge on any atom is 0.122 e. The number of H-pyrrole nitrogens is 1. The molecule has 0 radical (unpaired) electrons. The average molecular weight is 282 g/mol. The van der Waals surface area contributed by atoms with Gasteiger partial charge in [0, 0.05) is 47.2 Å². The molecular formula is C18H22N2O. The third-order valence-electron chi connectivity index (χ3n) is 6.14. The molecule has 3 heterocycles. The number of hydrogen-bond acceptors (Lipinski definition) is 2. The molecule has 1 saturated carbocycles. The van der Waals surface area contributed by atoms with E-state index in [4.69, 9.17) is 4.74 Å². The van der Waals surface area contributed by atoms with Crippen molar-refractivity contribution in [2.45, 2.75) is 38.1 Å². The summed E-state index contributed by atoms with van der Waals surface area (Å²) in [4.78, 5) is 6.52. The fourth-order valence-corrected chi connectivity index (χ4v) is 5.30. The Morgan fingerprint density at radius 3 is 3.00 bits per heavy atom. The van der Waals surface area contributed by atoms with Gasteiger partial charge in [0.15, 0.2) is 0 Å². The second-order valence-corrected chi connectivity index (χ2v) is 7.09. The highest BCUT2D eigenvalue weighted by Crippen LogP contribution is 2.50. The van der Waals surface area contributed by atoms with Crippen LogP contribution in [-0.4, -0.2) is 36.1 Å². The van der Waals surface area contributed by atoms with Gasteiger partial charge in [0.1, 0.15) is 5.75 Å². The van der Waals surface area contributed by atoms with E-state index in [0.717, 1.165) is 23.6 Å². The normalized spacial score (nSPS) is 30.7. The van der Waals surface area contributed by atoms with Crippen LogP contribution in [0.5, 0.6) is 5.75 Å². The van der Waals surface area contributed by atoms with Gasteiger partial charge in [0.2, 0.25) is 0 Å². The SMILES string of the molecule is COc1ccc2[nH]c3c(c2c1C)CCN1C[C@H]2C[C@@H]3[C@@H]1C2. The molecule has 0 amide bonds. The Hall–Kier alpha value is -1.48. The number of methoxy groups -OCH3 is 1. The van der Waals surface area contributed by atoms with E-state index in [1.54, 1.807) is 12.7 Å². The van der Waals surface area contributed by atoms with Crippen LogP contribution in [-0.2, 0) is 6.42 Å². The molecule has 1 aromatic carbocycles. The molecule has 3 aliphatic rings. The van der Waals surface area contributed by atoms with E-state index >= 15 is 0 Å². The highest BCUT2D eigenvalue weighted by molar-refractivity contribution is 5.90. The monoisotopic (exact) mass is 282 g/mol. The molecule has 1 aromatic heterocycles. The Bertz CT molecular complexity index is 732.